The summed E-state index contributed by atoms with van der Waals surface area (Å²) in [5, 5.41) is 55.6. The summed E-state index contributed by atoms with van der Waals surface area (Å²) in [6, 6.07) is 7.21. The molecular weight excluding hydrogens is 484 g/mol. The van der Waals surface area contributed by atoms with E-state index in [-0.39, 0.29) is 22.5 Å². The van der Waals surface area contributed by atoms with Crippen molar-refractivity contribution in [1.29, 1.82) is 0 Å². The number of benzene rings is 2. The lowest BCUT2D eigenvalue weighted by Gasteiger charge is -2.24. The van der Waals surface area contributed by atoms with Gasteiger partial charge in [-0.25, -0.2) is 9.59 Å². The van der Waals surface area contributed by atoms with Gasteiger partial charge < -0.3 is 40.4 Å². The lowest BCUT2D eigenvalue weighted by molar-refractivity contribution is -0.138. The second-order valence-electron chi connectivity index (χ2n) is 7.36. The van der Waals surface area contributed by atoms with Crippen LogP contribution in [0.1, 0.15) is 20.7 Å². The van der Waals surface area contributed by atoms with Crippen LogP contribution in [-0.2, 0) is 19.2 Å². The second kappa shape index (κ2) is 11.3. The summed E-state index contributed by atoms with van der Waals surface area (Å²) in [5.41, 5.74) is -0.957. The van der Waals surface area contributed by atoms with E-state index in [0.29, 0.717) is 0 Å². The molecule has 6 N–H and O–H groups in total. The molecule has 0 radical (unpaired) electrons. The van der Waals surface area contributed by atoms with Crippen molar-refractivity contribution in [1.82, 2.24) is 0 Å². The second-order valence-corrected chi connectivity index (χ2v) is 7.36. The van der Waals surface area contributed by atoms with Crippen molar-refractivity contribution in [2.75, 3.05) is 36.0 Å². The van der Waals surface area contributed by atoms with Gasteiger partial charge in [-0.15, -0.1) is 0 Å². The fourth-order valence-electron chi connectivity index (χ4n) is 3.43. The molecule has 0 bridgehead atoms. The Kier molecular flexibility index (Phi) is 8.53. The molecular formula is C22H20N2O12. The molecule has 36 heavy (non-hydrogen) atoms. The zero-order valence-corrected chi connectivity index (χ0v) is 18.3. The number of anilines is 2. The summed E-state index contributed by atoms with van der Waals surface area (Å²) >= 11 is 0. The fourth-order valence-corrected chi connectivity index (χ4v) is 3.43. The van der Waals surface area contributed by atoms with Crippen molar-refractivity contribution >= 4 is 47.2 Å². The van der Waals surface area contributed by atoms with Crippen LogP contribution in [0.3, 0.4) is 0 Å². The molecule has 0 aromatic heterocycles. The molecule has 14 nitrogen and oxygen atoms in total. The Morgan fingerprint density at radius 1 is 0.500 bits per heavy atom. The lowest BCUT2D eigenvalue weighted by Crippen LogP contribution is -2.35. The van der Waals surface area contributed by atoms with Crippen molar-refractivity contribution < 1.29 is 59.4 Å². The number of nitrogens with zero attached hydrogens (tertiary/aromatic N) is 2. The van der Waals surface area contributed by atoms with E-state index >= 15 is 0 Å². The summed E-state index contributed by atoms with van der Waals surface area (Å²) in [4.78, 5) is 70.0. The molecule has 0 heterocycles. The average molecular weight is 504 g/mol. The monoisotopic (exact) mass is 504 g/mol. The first-order chi connectivity index (χ1) is 16.8. The molecule has 0 aliphatic heterocycles. The minimum atomic E-state index is -1.50. The maximum Gasteiger partial charge on any atom is 0.337 e. The molecule has 0 aliphatic rings. The largest absolute Gasteiger partial charge is 0.480 e. The summed E-state index contributed by atoms with van der Waals surface area (Å²) in [7, 11) is 0. The van der Waals surface area contributed by atoms with Crippen LogP contribution < -0.4 is 9.80 Å². The fraction of sp³-hybridized carbons (Fsp3) is 0.182. The molecule has 190 valence electrons. The highest BCUT2D eigenvalue weighted by atomic mass is 16.4. The van der Waals surface area contributed by atoms with E-state index in [1.807, 2.05) is 0 Å². The van der Waals surface area contributed by atoms with E-state index in [1.165, 1.54) is 24.3 Å². The Labute approximate surface area is 201 Å². The van der Waals surface area contributed by atoms with Crippen molar-refractivity contribution in [3.8, 4) is 11.1 Å². The highest BCUT2D eigenvalue weighted by Crippen LogP contribution is 2.31. The molecule has 0 aliphatic carbocycles. The van der Waals surface area contributed by atoms with Gasteiger partial charge in [0.05, 0.1) is 22.5 Å². The molecule has 0 amide bonds. The van der Waals surface area contributed by atoms with Crippen molar-refractivity contribution in [3.05, 3.63) is 47.5 Å². The van der Waals surface area contributed by atoms with E-state index in [2.05, 4.69) is 0 Å². The molecule has 0 unspecified atom stereocenters. The molecule has 2 aromatic rings. The van der Waals surface area contributed by atoms with Crippen LogP contribution in [0.5, 0.6) is 0 Å². The van der Waals surface area contributed by atoms with E-state index in [4.69, 9.17) is 20.4 Å². The van der Waals surface area contributed by atoms with Gasteiger partial charge in [0, 0.05) is 0 Å². The minimum Gasteiger partial charge on any atom is -0.480 e. The number of hydrogen-bond acceptors (Lipinski definition) is 8. The highest BCUT2D eigenvalue weighted by molar-refractivity contribution is 6.00. The van der Waals surface area contributed by atoms with Crippen LogP contribution in [0.2, 0.25) is 0 Å². The van der Waals surface area contributed by atoms with Gasteiger partial charge in [-0.1, -0.05) is 12.1 Å². The quantitative estimate of drug-likeness (QED) is 0.220. The standard InChI is InChI=1S/C22H20N2O12/c25-17(26)7-23(8-18(27)28)15-3-1-11(5-13(15)21(33)34)12-2-4-16(14(6-12)22(35)36)24(9-19(29)30)10-20(31)32/h1-6H,7-10H2,(H,25,26)(H,27,28)(H,29,30)(H,31,32)(H,33,34)(H,35,36). The Bertz CT molecular complexity index is 1110. The zero-order valence-electron chi connectivity index (χ0n) is 18.3. The minimum absolute atomic E-state index is 0.166. The molecule has 0 atom stereocenters. The number of hydrogen-bond donors (Lipinski definition) is 6. The number of aromatic carboxylic acids is 2. The predicted molar refractivity (Wildman–Crippen MR) is 121 cm³/mol. The van der Waals surface area contributed by atoms with E-state index in [1.54, 1.807) is 0 Å². The van der Waals surface area contributed by atoms with E-state index in [0.717, 1.165) is 21.9 Å². The van der Waals surface area contributed by atoms with Gasteiger partial charge in [0.2, 0.25) is 0 Å². The zero-order chi connectivity index (χ0) is 27.2. The molecule has 0 fully saturated rings. The molecule has 0 spiro atoms. The van der Waals surface area contributed by atoms with Crippen molar-refractivity contribution in [2.45, 2.75) is 0 Å². The van der Waals surface area contributed by atoms with Gasteiger partial charge >= 0.3 is 35.8 Å². The summed E-state index contributed by atoms with van der Waals surface area (Å²) in [6.45, 7) is -3.20. The Hall–Kier alpha value is -5.14. The third-order valence-corrected chi connectivity index (χ3v) is 4.77. The van der Waals surface area contributed by atoms with Gasteiger partial charge in [0.25, 0.3) is 0 Å². The molecule has 2 aromatic carbocycles. The van der Waals surface area contributed by atoms with Crippen LogP contribution in [0, 0.1) is 0 Å². The Morgan fingerprint density at radius 2 is 0.778 bits per heavy atom. The molecule has 0 saturated carbocycles. The summed E-state index contributed by atoms with van der Waals surface area (Å²) in [5.74, 6) is -8.60. The summed E-state index contributed by atoms with van der Waals surface area (Å²) < 4.78 is 0. The number of carboxylic acid groups (broad SMARTS) is 6. The normalized spacial score (nSPS) is 10.3. The van der Waals surface area contributed by atoms with Crippen molar-refractivity contribution in [3.63, 3.8) is 0 Å². The smallest absolute Gasteiger partial charge is 0.337 e. The van der Waals surface area contributed by atoms with Gasteiger partial charge in [-0.3, -0.25) is 19.2 Å². The maximum absolute atomic E-state index is 11.9. The Balaban J connectivity index is 2.62. The SMILES string of the molecule is O=C(O)CN(CC(=O)O)c1ccc(-c2ccc(N(CC(=O)O)CC(=O)O)c(C(=O)O)c2)cc1C(=O)O. The summed E-state index contributed by atoms with van der Waals surface area (Å²) in [6.07, 6.45) is 0. The molecule has 2 rings (SSSR count). The lowest BCUT2D eigenvalue weighted by atomic mass is 9.98. The van der Waals surface area contributed by atoms with Crippen LogP contribution in [0.4, 0.5) is 11.4 Å². The molecule has 14 heteroatoms. The first kappa shape index (κ1) is 27.1. The first-order valence-electron chi connectivity index (χ1n) is 9.92. The van der Waals surface area contributed by atoms with Gasteiger partial charge in [-0.2, -0.15) is 0 Å². The third-order valence-electron chi connectivity index (χ3n) is 4.77. The van der Waals surface area contributed by atoms with Gasteiger partial charge in [0.1, 0.15) is 26.2 Å². The number of carboxylic acids is 6. The number of carbonyl (C=O) groups is 6. The topological polar surface area (TPSA) is 230 Å². The van der Waals surface area contributed by atoms with Gasteiger partial charge in [0.15, 0.2) is 0 Å². The maximum atomic E-state index is 11.9. The number of rotatable bonds is 13. The number of aliphatic carboxylic acids is 4. The average Bonchev–Trinajstić information content (AvgIpc) is 2.76. The van der Waals surface area contributed by atoms with Crippen LogP contribution in [-0.4, -0.2) is 92.6 Å². The Morgan fingerprint density at radius 3 is 1.00 bits per heavy atom. The molecule has 0 saturated heterocycles. The predicted octanol–water partition coefficient (Wildman–Crippen LogP) is 0.701. The van der Waals surface area contributed by atoms with Gasteiger partial charge in [-0.05, 0) is 35.4 Å². The first-order valence-corrected chi connectivity index (χ1v) is 9.92. The van der Waals surface area contributed by atoms with Crippen LogP contribution in [0.25, 0.3) is 11.1 Å². The third kappa shape index (κ3) is 6.93. The van der Waals surface area contributed by atoms with Crippen molar-refractivity contribution in [2.24, 2.45) is 0 Å². The highest BCUT2D eigenvalue weighted by Gasteiger charge is 2.24. The van der Waals surface area contributed by atoms with Crippen LogP contribution >= 0.6 is 0 Å². The van der Waals surface area contributed by atoms with E-state index < -0.39 is 73.1 Å². The van der Waals surface area contributed by atoms with Crippen LogP contribution in [0.15, 0.2) is 36.4 Å². The van der Waals surface area contributed by atoms with E-state index in [9.17, 15) is 39.0 Å².